The maximum atomic E-state index is 10.7. The lowest BCUT2D eigenvalue weighted by molar-refractivity contribution is -0.142. The van der Waals surface area contributed by atoms with Gasteiger partial charge in [-0.2, -0.15) is 0 Å². The van der Waals surface area contributed by atoms with Gasteiger partial charge in [-0.15, -0.1) is 0 Å². The van der Waals surface area contributed by atoms with Gasteiger partial charge in [-0.05, 0) is 34.5 Å². The highest BCUT2D eigenvalue weighted by Gasteiger charge is 2.06. The van der Waals surface area contributed by atoms with Crippen molar-refractivity contribution < 1.29 is 9.53 Å². The lowest BCUT2D eigenvalue weighted by Crippen LogP contribution is -1.98. The molecule has 0 aliphatic heterocycles. The number of carbonyl (C=O) groups excluding carboxylic acids is 1. The van der Waals surface area contributed by atoms with Crippen LogP contribution < -0.4 is 0 Å². The molecule has 0 aliphatic rings. The van der Waals surface area contributed by atoms with Crippen LogP contribution in [0.3, 0.4) is 0 Å². The first-order chi connectivity index (χ1) is 7.56. The molecule has 0 atom stereocenters. The summed E-state index contributed by atoms with van der Waals surface area (Å²) in [6.07, 6.45) is 3.78. The van der Waals surface area contributed by atoms with E-state index in [1.807, 2.05) is 29.8 Å². The number of fused-ring (bicyclic) bond motifs is 1. The molecular formula is C11H11BrN2O2. The minimum absolute atomic E-state index is 0.216. The van der Waals surface area contributed by atoms with Gasteiger partial charge >= 0.3 is 5.97 Å². The number of imidazole rings is 1. The van der Waals surface area contributed by atoms with E-state index in [0.717, 1.165) is 21.4 Å². The third-order valence-corrected chi connectivity index (χ3v) is 2.61. The Bertz CT molecular complexity index is 548. The summed E-state index contributed by atoms with van der Waals surface area (Å²) in [5, 5.41) is 0. The minimum atomic E-state index is -0.296. The highest BCUT2D eigenvalue weighted by atomic mass is 79.9. The highest BCUT2D eigenvalue weighted by Crippen LogP contribution is 2.17. The number of aryl methyl sites for hydroxylation is 1. The Labute approximate surface area is 101 Å². The van der Waals surface area contributed by atoms with Crippen molar-refractivity contribution in [2.75, 3.05) is 0 Å². The normalized spacial score (nSPS) is 10.7. The number of ether oxygens (including phenoxy) is 1. The van der Waals surface area contributed by atoms with Crippen molar-refractivity contribution in [2.45, 2.75) is 20.5 Å². The van der Waals surface area contributed by atoms with Crippen LogP contribution in [0.1, 0.15) is 18.2 Å². The van der Waals surface area contributed by atoms with Crippen LogP contribution in [0.25, 0.3) is 5.65 Å². The molecule has 2 aromatic heterocycles. The molecule has 0 spiro atoms. The third-order valence-electron chi connectivity index (χ3n) is 2.18. The molecular weight excluding hydrogens is 272 g/mol. The zero-order valence-corrected chi connectivity index (χ0v) is 10.6. The molecule has 5 heteroatoms. The molecule has 0 saturated heterocycles. The van der Waals surface area contributed by atoms with Crippen LogP contribution >= 0.6 is 15.9 Å². The smallest absolute Gasteiger partial charge is 0.303 e. The van der Waals surface area contributed by atoms with Crippen molar-refractivity contribution in [2.24, 2.45) is 0 Å². The summed E-state index contributed by atoms with van der Waals surface area (Å²) in [6.45, 7) is 3.59. The summed E-state index contributed by atoms with van der Waals surface area (Å²) in [4.78, 5) is 15.1. The second-order valence-electron chi connectivity index (χ2n) is 3.58. The molecule has 0 fully saturated rings. The third kappa shape index (κ3) is 2.24. The molecule has 84 valence electrons. The summed E-state index contributed by atoms with van der Waals surface area (Å²) in [7, 11) is 0. The van der Waals surface area contributed by atoms with Crippen LogP contribution in [0.15, 0.2) is 22.9 Å². The average molecular weight is 283 g/mol. The molecule has 4 nitrogen and oxygen atoms in total. The van der Waals surface area contributed by atoms with E-state index in [-0.39, 0.29) is 12.6 Å². The summed E-state index contributed by atoms with van der Waals surface area (Å²) in [5.41, 5.74) is 2.70. The van der Waals surface area contributed by atoms with Gasteiger partial charge in [-0.3, -0.25) is 4.79 Å². The van der Waals surface area contributed by atoms with Crippen molar-refractivity contribution in [3.63, 3.8) is 0 Å². The number of pyridine rings is 1. The first-order valence-electron chi connectivity index (χ1n) is 4.83. The number of hydrogen-bond acceptors (Lipinski definition) is 3. The fraction of sp³-hybridized carbons (Fsp3) is 0.273. The largest absolute Gasteiger partial charge is 0.459 e. The van der Waals surface area contributed by atoms with E-state index in [1.165, 1.54) is 6.92 Å². The molecule has 2 rings (SSSR count). The Morgan fingerprint density at radius 2 is 2.31 bits per heavy atom. The quantitative estimate of drug-likeness (QED) is 0.795. The van der Waals surface area contributed by atoms with Crippen molar-refractivity contribution in [1.29, 1.82) is 0 Å². The van der Waals surface area contributed by atoms with Gasteiger partial charge in [0, 0.05) is 23.8 Å². The first-order valence-corrected chi connectivity index (χ1v) is 5.62. The van der Waals surface area contributed by atoms with Gasteiger partial charge < -0.3 is 9.14 Å². The van der Waals surface area contributed by atoms with Gasteiger partial charge in [-0.1, -0.05) is 0 Å². The van der Waals surface area contributed by atoms with Gasteiger partial charge in [-0.25, -0.2) is 4.98 Å². The van der Waals surface area contributed by atoms with Crippen molar-refractivity contribution in [3.05, 3.63) is 34.2 Å². The van der Waals surface area contributed by atoms with E-state index in [9.17, 15) is 4.79 Å². The van der Waals surface area contributed by atoms with Gasteiger partial charge in [0.15, 0.2) is 0 Å². The molecule has 0 saturated carbocycles. The zero-order valence-electron chi connectivity index (χ0n) is 9.03. The minimum Gasteiger partial charge on any atom is -0.459 e. The number of aromatic nitrogens is 2. The van der Waals surface area contributed by atoms with Crippen LogP contribution in [0.4, 0.5) is 0 Å². The van der Waals surface area contributed by atoms with E-state index in [1.54, 1.807) is 0 Å². The summed E-state index contributed by atoms with van der Waals surface area (Å²) >= 11 is 3.42. The molecule has 0 aromatic carbocycles. The molecule has 0 bridgehead atoms. The Morgan fingerprint density at radius 3 is 3.00 bits per heavy atom. The van der Waals surface area contributed by atoms with Crippen LogP contribution in [-0.4, -0.2) is 15.4 Å². The second kappa shape index (κ2) is 4.25. The number of rotatable bonds is 2. The van der Waals surface area contributed by atoms with Gasteiger partial charge in [0.1, 0.15) is 12.3 Å². The van der Waals surface area contributed by atoms with E-state index in [0.29, 0.717) is 0 Å². The van der Waals surface area contributed by atoms with Crippen LogP contribution in [0.2, 0.25) is 0 Å². The molecule has 0 amide bonds. The lowest BCUT2D eigenvalue weighted by Gasteiger charge is -1.97. The molecule has 2 aromatic rings. The van der Waals surface area contributed by atoms with Gasteiger partial charge in [0.2, 0.25) is 0 Å². The maximum Gasteiger partial charge on any atom is 0.303 e. The fourth-order valence-electron chi connectivity index (χ4n) is 1.52. The number of nitrogens with zero attached hydrogens (tertiary/aromatic N) is 2. The maximum absolute atomic E-state index is 10.7. The highest BCUT2D eigenvalue weighted by molar-refractivity contribution is 9.10. The van der Waals surface area contributed by atoms with Gasteiger partial charge in [0.05, 0.1) is 5.69 Å². The number of carbonyl (C=O) groups is 1. The average Bonchev–Trinajstić information content (AvgIpc) is 2.57. The van der Waals surface area contributed by atoms with E-state index < -0.39 is 0 Å². The van der Waals surface area contributed by atoms with Crippen molar-refractivity contribution >= 4 is 27.5 Å². The molecule has 0 unspecified atom stereocenters. The van der Waals surface area contributed by atoms with Crippen LogP contribution in [-0.2, 0) is 16.1 Å². The molecule has 16 heavy (non-hydrogen) atoms. The van der Waals surface area contributed by atoms with Crippen LogP contribution in [0, 0.1) is 6.92 Å². The summed E-state index contributed by atoms with van der Waals surface area (Å²) < 4.78 is 7.81. The number of hydrogen-bond donors (Lipinski definition) is 0. The van der Waals surface area contributed by atoms with Gasteiger partial charge in [0.25, 0.3) is 0 Å². The second-order valence-corrected chi connectivity index (χ2v) is 4.50. The monoisotopic (exact) mass is 282 g/mol. The lowest BCUT2D eigenvalue weighted by atomic mass is 10.3. The number of halogens is 1. The number of esters is 1. The Hall–Kier alpha value is -1.36. The zero-order chi connectivity index (χ0) is 11.7. The Kier molecular flexibility index (Phi) is 2.96. The van der Waals surface area contributed by atoms with Crippen LogP contribution in [0.5, 0.6) is 0 Å². The predicted molar refractivity (Wildman–Crippen MR) is 63.1 cm³/mol. The SMILES string of the molecule is CC(=O)OCc1cn2cc(Br)cc(C)c2n1. The summed E-state index contributed by atoms with van der Waals surface area (Å²) in [6, 6.07) is 2.00. The molecule has 2 heterocycles. The fourth-order valence-corrected chi connectivity index (χ4v) is 2.09. The van der Waals surface area contributed by atoms with Crippen molar-refractivity contribution in [1.82, 2.24) is 9.38 Å². The molecule has 0 radical (unpaired) electrons. The van der Waals surface area contributed by atoms with E-state index in [4.69, 9.17) is 4.74 Å². The topological polar surface area (TPSA) is 43.6 Å². The first kappa shape index (κ1) is 11.1. The predicted octanol–water partition coefficient (Wildman–Crippen LogP) is 2.47. The Balaban J connectivity index is 2.36. The standard InChI is InChI=1S/C11H11BrN2O2/c1-7-3-9(12)4-14-5-10(13-11(7)14)6-16-8(2)15/h3-5H,6H2,1-2H3. The van der Waals surface area contributed by atoms with E-state index >= 15 is 0 Å². The van der Waals surface area contributed by atoms with E-state index in [2.05, 4.69) is 20.9 Å². The van der Waals surface area contributed by atoms with Crippen molar-refractivity contribution in [3.8, 4) is 0 Å². The Morgan fingerprint density at radius 1 is 1.56 bits per heavy atom. The molecule has 0 aliphatic carbocycles. The molecule has 0 N–H and O–H groups in total. The summed E-state index contributed by atoms with van der Waals surface area (Å²) in [5.74, 6) is -0.296.